The van der Waals surface area contributed by atoms with Gasteiger partial charge in [-0.25, -0.2) is 0 Å². The summed E-state index contributed by atoms with van der Waals surface area (Å²) in [5.41, 5.74) is 6.05. The van der Waals surface area contributed by atoms with Crippen molar-refractivity contribution in [1.29, 1.82) is 0 Å². The Kier molecular flexibility index (Phi) is 7.72. The molecule has 2 amide bonds. The Morgan fingerprint density at radius 1 is 1.14 bits per heavy atom. The molecule has 1 atom stereocenters. The van der Waals surface area contributed by atoms with E-state index in [4.69, 9.17) is 5.73 Å². The van der Waals surface area contributed by atoms with E-state index in [0.29, 0.717) is 19.0 Å². The van der Waals surface area contributed by atoms with Gasteiger partial charge in [0, 0.05) is 20.1 Å². The summed E-state index contributed by atoms with van der Waals surface area (Å²) in [6.07, 6.45) is 6.93. The van der Waals surface area contributed by atoms with Gasteiger partial charge in [0.2, 0.25) is 11.8 Å². The Morgan fingerprint density at radius 3 is 2.24 bits per heavy atom. The number of hydrogen-bond acceptors (Lipinski definition) is 3. The summed E-state index contributed by atoms with van der Waals surface area (Å²) in [5.74, 6) is 0.450. The van der Waals surface area contributed by atoms with Crippen LogP contribution in [0.25, 0.3) is 0 Å². The minimum absolute atomic E-state index is 0.0132. The zero-order valence-electron chi connectivity index (χ0n) is 13.8. The van der Waals surface area contributed by atoms with Crippen molar-refractivity contribution in [3.05, 3.63) is 0 Å². The third-order valence-corrected chi connectivity index (χ3v) is 4.49. The first-order valence-corrected chi connectivity index (χ1v) is 8.27. The second-order valence-electron chi connectivity index (χ2n) is 6.11. The van der Waals surface area contributed by atoms with Gasteiger partial charge in [0.15, 0.2) is 0 Å². The maximum atomic E-state index is 12.3. The van der Waals surface area contributed by atoms with Crippen LogP contribution >= 0.6 is 0 Å². The van der Waals surface area contributed by atoms with Crippen LogP contribution in [0.15, 0.2) is 0 Å². The van der Waals surface area contributed by atoms with E-state index < -0.39 is 6.04 Å². The summed E-state index contributed by atoms with van der Waals surface area (Å²) >= 11 is 0. The highest BCUT2D eigenvalue weighted by Crippen LogP contribution is 2.27. The molecule has 0 aromatic heterocycles. The van der Waals surface area contributed by atoms with E-state index in [1.54, 1.807) is 11.9 Å². The van der Waals surface area contributed by atoms with Gasteiger partial charge in [-0.3, -0.25) is 9.59 Å². The predicted molar refractivity (Wildman–Crippen MR) is 84.7 cm³/mol. The van der Waals surface area contributed by atoms with Crippen LogP contribution in [-0.4, -0.2) is 54.3 Å². The zero-order chi connectivity index (χ0) is 15.8. The fraction of sp³-hybridized carbons (Fsp3) is 0.875. The lowest BCUT2D eigenvalue weighted by Crippen LogP contribution is -2.47. The largest absolute Gasteiger partial charge is 0.342 e. The third-order valence-electron chi connectivity index (χ3n) is 4.49. The van der Waals surface area contributed by atoms with Crippen LogP contribution in [0.5, 0.6) is 0 Å². The van der Waals surface area contributed by atoms with Gasteiger partial charge in [-0.05, 0) is 26.2 Å². The van der Waals surface area contributed by atoms with Crippen molar-refractivity contribution in [3.63, 3.8) is 0 Å². The molecule has 5 nitrogen and oxygen atoms in total. The van der Waals surface area contributed by atoms with E-state index in [-0.39, 0.29) is 18.4 Å². The smallest absolute Gasteiger partial charge is 0.242 e. The van der Waals surface area contributed by atoms with Gasteiger partial charge in [-0.2, -0.15) is 0 Å². The molecule has 122 valence electrons. The van der Waals surface area contributed by atoms with Gasteiger partial charge in [0.1, 0.15) is 0 Å². The van der Waals surface area contributed by atoms with Crippen molar-refractivity contribution in [3.8, 4) is 0 Å². The number of rotatable bonds is 7. The molecule has 0 heterocycles. The van der Waals surface area contributed by atoms with Gasteiger partial charge < -0.3 is 15.5 Å². The van der Waals surface area contributed by atoms with Crippen molar-refractivity contribution in [2.24, 2.45) is 11.7 Å². The van der Waals surface area contributed by atoms with Crippen LogP contribution in [0.1, 0.15) is 52.4 Å². The topological polar surface area (TPSA) is 66.6 Å². The normalized spacial score (nSPS) is 17.3. The lowest BCUT2D eigenvalue weighted by atomic mass is 9.85. The molecule has 1 aliphatic rings. The Morgan fingerprint density at radius 2 is 1.71 bits per heavy atom. The first-order valence-electron chi connectivity index (χ1n) is 8.27. The first kappa shape index (κ1) is 18.0. The van der Waals surface area contributed by atoms with Crippen molar-refractivity contribution >= 4 is 11.8 Å². The second-order valence-corrected chi connectivity index (χ2v) is 6.11. The maximum absolute atomic E-state index is 12.3. The van der Waals surface area contributed by atoms with Crippen LogP contribution in [0.3, 0.4) is 0 Å². The lowest BCUT2D eigenvalue weighted by Gasteiger charge is -2.28. The average Bonchev–Trinajstić information content (AvgIpc) is 2.48. The molecule has 0 aliphatic heterocycles. The van der Waals surface area contributed by atoms with Crippen molar-refractivity contribution in [1.82, 2.24) is 9.80 Å². The van der Waals surface area contributed by atoms with Gasteiger partial charge in [-0.1, -0.05) is 32.1 Å². The van der Waals surface area contributed by atoms with E-state index in [9.17, 15) is 9.59 Å². The summed E-state index contributed by atoms with van der Waals surface area (Å²) in [6, 6.07) is -0.470. The fourth-order valence-electron chi connectivity index (χ4n) is 3.12. The molecule has 2 N–H and O–H groups in total. The monoisotopic (exact) mass is 297 g/mol. The number of carbonyl (C=O) groups excluding carboxylic acids is 2. The molecule has 0 aromatic rings. The zero-order valence-corrected chi connectivity index (χ0v) is 13.8. The molecule has 1 fully saturated rings. The first-order chi connectivity index (χ1) is 9.99. The standard InChI is InChI=1S/C16H31N3O2/c1-4-19(5-2)15(20)12-18(3)16(21)14(17)11-13-9-7-6-8-10-13/h13-14H,4-12,17H2,1-3H3. The van der Waals surface area contributed by atoms with Crippen molar-refractivity contribution in [2.75, 3.05) is 26.7 Å². The summed E-state index contributed by atoms with van der Waals surface area (Å²) in [6.45, 7) is 5.35. The quantitative estimate of drug-likeness (QED) is 0.776. The van der Waals surface area contributed by atoms with E-state index in [1.807, 2.05) is 13.8 Å². The Hall–Kier alpha value is -1.10. The Bertz CT molecular complexity index is 336. The molecule has 0 aromatic carbocycles. The number of carbonyl (C=O) groups is 2. The van der Waals surface area contributed by atoms with E-state index >= 15 is 0 Å². The summed E-state index contributed by atoms with van der Waals surface area (Å²) < 4.78 is 0. The van der Waals surface area contributed by atoms with Gasteiger partial charge in [0.25, 0.3) is 0 Å². The highest BCUT2D eigenvalue weighted by molar-refractivity contribution is 5.87. The van der Waals surface area contributed by atoms with E-state index in [0.717, 1.165) is 6.42 Å². The molecule has 5 heteroatoms. The van der Waals surface area contributed by atoms with Gasteiger partial charge >= 0.3 is 0 Å². The molecule has 1 unspecified atom stereocenters. The number of nitrogens with zero attached hydrogens (tertiary/aromatic N) is 2. The fourth-order valence-corrected chi connectivity index (χ4v) is 3.12. The molecule has 0 radical (unpaired) electrons. The number of nitrogens with two attached hydrogens (primary N) is 1. The highest BCUT2D eigenvalue weighted by atomic mass is 16.2. The van der Waals surface area contributed by atoms with Crippen molar-refractivity contribution < 1.29 is 9.59 Å². The van der Waals surface area contributed by atoms with Crippen LogP contribution in [0.4, 0.5) is 0 Å². The summed E-state index contributed by atoms with van der Waals surface area (Å²) in [4.78, 5) is 27.5. The molecule has 1 rings (SSSR count). The predicted octanol–water partition coefficient (Wildman–Crippen LogP) is 1.61. The number of hydrogen-bond donors (Lipinski definition) is 1. The maximum Gasteiger partial charge on any atom is 0.242 e. The number of amides is 2. The van der Waals surface area contributed by atoms with Crippen molar-refractivity contribution in [2.45, 2.75) is 58.4 Å². The molecular weight excluding hydrogens is 266 g/mol. The van der Waals surface area contributed by atoms with Crippen LogP contribution in [0.2, 0.25) is 0 Å². The van der Waals surface area contributed by atoms with E-state index in [2.05, 4.69) is 0 Å². The minimum Gasteiger partial charge on any atom is -0.342 e. The molecule has 0 spiro atoms. The number of likely N-dealkylation sites (N-methyl/N-ethyl adjacent to an activating group) is 2. The van der Waals surface area contributed by atoms with Crippen LogP contribution < -0.4 is 5.73 Å². The van der Waals surface area contributed by atoms with Crippen LogP contribution in [-0.2, 0) is 9.59 Å². The summed E-state index contributed by atoms with van der Waals surface area (Å²) in [7, 11) is 1.67. The van der Waals surface area contributed by atoms with Crippen LogP contribution in [0, 0.1) is 5.92 Å². The third kappa shape index (κ3) is 5.65. The molecule has 21 heavy (non-hydrogen) atoms. The Balaban J connectivity index is 2.43. The Labute approximate surface area is 128 Å². The second kappa shape index (κ2) is 9.03. The minimum atomic E-state index is -0.470. The van der Waals surface area contributed by atoms with E-state index in [1.165, 1.54) is 37.0 Å². The average molecular weight is 297 g/mol. The molecular formula is C16H31N3O2. The molecule has 0 saturated heterocycles. The lowest BCUT2D eigenvalue weighted by molar-refractivity contribution is -0.140. The molecule has 1 saturated carbocycles. The SMILES string of the molecule is CCN(CC)C(=O)CN(C)C(=O)C(N)CC1CCCCC1. The molecule has 0 bridgehead atoms. The van der Waals surface area contributed by atoms with Gasteiger partial charge in [0.05, 0.1) is 12.6 Å². The molecule has 1 aliphatic carbocycles. The summed E-state index contributed by atoms with van der Waals surface area (Å²) in [5, 5.41) is 0. The highest BCUT2D eigenvalue weighted by Gasteiger charge is 2.25. The van der Waals surface area contributed by atoms with Gasteiger partial charge in [-0.15, -0.1) is 0 Å².